The van der Waals surface area contributed by atoms with Crippen molar-refractivity contribution in [3.8, 4) is 17.0 Å². The molecule has 90 valence electrons. The molecule has 0 radical (unpaired) electrons. The molecule has 0 bridgehead atoms. The maximum atomic E-state index is 9.96. The fraction of sp³-hybridized carbons (Fsp3) is 0.250. The second-order valence-corrected chi connectivity index (χ2v) is 4.96. The van der Waals surface area contributed by atoms with Crippen molar-refractivity contribution in [2.45, 2.75) is 13.8 Å². The summed E-state index contributed by atoms with van der Waals surface area (Å²) in [7, 11) is 1.79. The zero-order valence-electron chi connectivity index (χ0n) is 9.95. The van der Waals surface area contributed by atoms with Crippen molar-refractivity contribution in [2.24, 2.45) is 7.05 Å². The number of anilines is 1. The van der Waals surface area contributed by atoms with Gasteiger partial charge >= 0.3 is 0 Å². The largest absolute Gasteiger partial charge is 0.507 e. The summed E-state index contributed by atoms with van der Waals surface area (Å²) >= 11 is 3.50. The van der Waals surface area contributed by atoms with Gasteiger partial charge < -0.3 is 10.8 Å². The third kappa shape index (κ3) is 1.91. The molecule has 1 aromatic carbocycles. The average Bonchev–Trinajstić information content (AvgIpc) is 2.56. The number of hydrogen-bond donors (Lipinski definition) is 2. The summed E-state index contributed by atoms with van der Waals surface area (Å²) in [6.07, 6.45) is 0. The zero-order valence-corrected chi connectivity index (χ0v) is 11.5. The highest BCUT2D eigenvalue weighted by atomic mass is 79.9. The van der Waals surface area contributed by atoms with Gasteiger partial charge in [-0.25, -0.2) is 0 Å². The van der Waals surface area contributed by atoms with Crippen LogP contribution in [0.1, 0.15) is 11.1 Å². The number of nitrogens with two attached hydrogens (primary N) is 1. The summed E-state index contributed by atoms with van der Waals surface area (Å²) in [5, 5.41) is 14.3. The number of benzene rings is 1. The van der Waals surface area contributed by atoms with E-state index in [9.17, 15) is 5.11 Å². The number of aryl methyl sites for hydroxylation is 2. The van der Waals surface area contributed by atoms with Crippen molar-refractivity contribution in [1.82, 2.24) is 9.78 Å². The summed E-state index contributed by atoms with van der Waals surface area (Å²) in [5.74, 6) is 0.888. The van der Waals surface area contributed by atoms with Gasteiger partial charge in [0, 0.05) is 28.7 Å². The monoisotopic (exact) mass is 295 g/mol. The van der Waals surface area contributed by atoms with E-state index >= 15 is 0 Å². The molecule has 3 N–H and O–H groups in total. The van der Waals surface area contributed by atoms with Gasteiger partial charge in [-0.05, 0) is 25.5 Å². The summed E-state index contributed by atoms with van der Waals surface area (Å²) in [6, 6.07) is 3.67. The highest BCUT2D eigenvalue weighted by Crippen LogP contribution is 2.38. The maximum absolute atomic E-state index is 9.96. The second-order valence-electron chi connectivity index (χ2n) is 4.10. The fourth-order valence-electron chi connectivity index (χ4n) is 1.84. The van der Waals surface area contributed by atoms with Crippen molar-refractivity contribution < 1.29 is 5.11 Å². The Morgan fingerprint density at radius 3 is 2.53 bits per heavy atom. The lowest BCUT2D eigenvalue weighted by Crippen LogP contribution is -1.97. The molecular weight excluding hydrogens is 282 g/mol. The summed E-state index contributed by atoms with van der Waals surface area (Å²) in [5.41, 5.74) is 9.03. The topological polar surface area (TPSA) is 64.1 Å². The molecule has 0 atom stereocenters. The van der Waals surface area contributed by atoms with E-state index in [-0.39, 0.29) is 0 Å². The fourth-order valence-corrected chi connectivity index (χ4v) is 2.69. The van der Waals surface area contributed by atoms with Crippen LogP contribution in [0.15, 0.2) is 16.6 Å². The summed E-state index contributed by atoms with van der Waals surface area (Å²) < 4.78 is 2.52. The number of rotatable bonds is 1. The predicted molar refractivity (Wildman–Crippen MR) is 71.9 cm³/mol. The molecule has 0 aliphatic rings. The van der Waals surface area contributed by atoms with Gasteiger partial charge in [-0.15, -0.1) is 0 Å². The molecule has 4 nitrogen and oxygen atoms in total. The molecule has 1 heterocycles. The Morgan fingerprint density at radius 2 is 2.00 bits per heavy atom. The van der Waals surface area contributed by atoms with Gasteiger partial charge in [0.15, 0.2) is 0 Å². The first kappa shape index (κ1) is 12.0. The Morgan fingerprint density at radius 1 is 1.35 bits per heavy atom. The number of halogens is 1. The van der Waals surface area contributed by atoms with Gasteiger partial charge in [0.25, 0.3) is 0 Å². The molecule has 0 spiro atoms. The molecule has 2 aromatic rings. The lowest BCUT2D eigenvalue weighted by Gasteiger charge is -2.10. The van der Waals surface area contributed by atoms with Crippen LogP contribution in [0.25, 0.3) is 11.3 Å². The molecule has 0 amide bonds. The lowest BCUT2D eigenvalue weighted by molar-refractivity contribution is 0.467. The van der Waals surface area contributed by atoms with Gasteiger partial charge in [-0.2, -0.15) is 5.10 Å². The van der Waals surface area contributed by atoms with Gasteiger partial charge in [-0.1, -0.05) is 15.9 Å². The van der Waals surface area contributed by atoms with Crippen LogP contribution >= 0.6 is 15.9 Å². The smallest absolute Gasteiger partial charge is 0.122 e. The van der Waals surface area contributed by atoms with Crippen LogP contribution in [0.5, 0.6) is 5.75 Å². The minimum Gasteiger partial charge on any atom is -0.507 e. The van der Waals surface area contributed by atoms with Crippen LogP contribution in [0.4, 0.5) is 5.82 Å². The summed E-state index contributed by atoms with van der Waals surface area (Å²) in [4.78, 5) is 0. The van der Waals surface area contributed by atoms with Gasteiger partial charge in [0.1, 0.15) is 11.6 Å². The van der Waals surface area contributed by atoms with Crippen molar-refractivity contribution in [3.05, 3.63) is 27.7 Å². The van der Waals surface area contributed by atoms with Gasteiger partial charge in [0.05, 0.1) is 5.69 Å². The average molecular weight is 296 g/mol. The van der Waals surface area contributed by atoms with E-state index in [4.69, 9.17) is 5.73 Å². The Balaban J connectivity index is 2.71. The van der Waals surface area contributed by atoms with Crippen LogP contribution in [-0.2, 0) is 7.05 Å². The highest BCUT2D eigenvalue weighted by Gasteiger charge is 2.15. The minimum absolute atomic E-state index is 0.299. The SMILES string of the molecule is Cc1cc(Br)c(-c2cc(N)n(C)n2)c(C)c1O. The highest BCUT2D eigenvalue weighted by molar-refractivity contribution is 9.10. The predicted octanol–water partition coefficient (Wildman–Crippen LogP) is 2.75. The van der Waals surface area contributed by atoms with E-state index < -0.39 is 0 Å². The number of phenols is 1. The van der Waals surface area contributed by atoms with Crippen LogP contribution in [0, 0.1) is 13.8 Å². The Hall–Kier alpha value is -1.49. The van der Waals surface area contributed by atoms with Crippen LogP contribution < -0.4 is 5.73 Å². The Bertz CT molecular complexity index is 570. The number of hydrogen-bond acceptors (Lipinski definition) is 3. The first-order chi connectivity index (χ1) is 7.91. The van der Waals surface area contributed by atoms with Gasteiger partial charge in [-0.3, -0.25) is 4.68 Å². The maximum Gasteiger partial charge on any atom is 0.122 e. The zero-order chi connectivity index (χ0) is 12.7. The van der Waals surface area contributed by atoms with Crippen molar-refractivity contribution in [3.63, 3.8) is 0 Å². The van der Waals surface area contributed by atoms with Gasteiger partial charge in [0.2, 0.25) is 0 Å². The minimum atomic E-state index is 0.299. The Kier molecular flexibility index (Phi) is 2.87. The first-order valence-corrected chi connectivity index (χ1v) is 5.99. The van der Waals surface area contributed by atoms with E-state index in [1.54, 1.807) is 17.8 Å². The molecule has 0 saturated carbocycles. The number of nitrogens with zero attached hydrogens (tertiary/aromatic N) is 2. The van der Waals surface area contributed by atoms with Crippen LogP contribution in [0.3, 0.4) is 0 Å². The molecule has 0 aliphatic carbocycles. The molecule has 0 fully saturated rings. The second kappa shape index (κ2) is 4.07. The molecule has 5 heteroatoms. The van der Waals surface area contributed by atoms with Crippen LogP contribution in [0.2, 0.25) is 0 Å². The molecule has 0 unspecified atom stereocenters. The van der Waals surface area contributed by atoms with Crippen molar-refractivity contribution >= 4 is 21.7 Å². The van der Waals surface area contributed by atoms with E-state index in [0.29, 0.717) is 11.6 Å². The van der Waals surface area contributed by atoms with E-state index in [2.05, 4.69) is 21.0 Å². The third-order valence-corrected chi connectivity index (χ3v) is 3.48. The lowest BCUT2D eigenvalue weighted by atomic mass is 10.0. The standard InChI is InChI=1S/C12H14BrN3O/c1-6-4-8(13)11(7(2)12(6)17)9-5-10(14)16(3)15-9/h4-5,17H,14H2,1-3H3. The molecule has 17 heavy (non-hydrogen) atoms. The molecule has 1 aromatic heterocycles. The first-order valence-electron chi connectivity index (χ1n) is 5.20. The molecule has 0 aliphatic heterocycles. The van der Waals surface area contributed by atoms with E-state index in [1.807, 2.05) is 19.9 Å². The number of aromatic nitrogens is 2. The molecule has 0 saturated heterocycles. The normalized spacial score (nSPS) is 10.8. The van der Waals surface area contributed by atoms with Crippen molar-refractivity contribution in [1.29, 1.82) is 0 Å². The molecule has 2 rings (SSSR count). The molecular formula is C12H14BrN3O. The van der Waals surface area contributed by atoms with Crippen molar-refractivity contribution in [2.75, 3.05) is 5.73 Å². The number of nitrogen functional groups attached to an aromatic ring is 1. The van der Waals surface area contributed by atoms with E-state index in [0.717, 1.165) is 26.9 Å². The number of phenolic OH excluding ortho intramolecular Hbond substituents is 1. The summed E-state index contributed by atoms with van der Waals surface area (Å²) in [6.45, 7) is 3.73. The van der Waals surface area contributed by atoms with Crippen LogP contribution in [-0.4, -0.2) is 14.9 Å². The Labute approximate surface area is 108 Å². The van der Waals surface area contributed by atoms with E-state index in [1.165, 1.54) is 0 Å². The quantitative estimate of drug-likeness (QED) is 0.850. The number of aromatic hydroxyl groups is 1. The third-order valence-electron chi connectivity index (χ3n) is 2.86.